The molecule has 3 aromatic heterocycles. The quantitative estimate of drug-likeness (QED) is 0.765. The number of nitrogens with two attached hydrogens (primary N) is 1. The smallest absolute Gasteiger partial charge is 0.263 e. The molecule has 6 nitrogen and oxygen atoms in total. The standard InChI is InChI=1S/C18H19N5OS/c1-11-2-3-15(25-11)18(24)23-6-4-12(5-7-23)16-17-14(21-10-22-16)8-13(19)9-20-17/h2-3,8-10,12H,4-7,19H2,1H3. The molecule has 0 atom stereocenters. The summed E-state index contributed by atoms with van der Waals surface area (Å²) in [5.74, 6) is 0.422. The fraction of sp³-hybridized carbons (Fsp3) is 0.333. The van der Waals surface area contributed by atoms with Crippen LogP contribution in [0.4, 0.5) is 5.69 Å². The summed E-state index contributed by atoms with van der Waals surface area (Å²) >= 11 is 1.56. The Labute approximate surface area is 149 Å². The molecule has 4 heterocycles. The van der Waals surface area contributed by atoms with Gasteiger partial charge >= 0.3 is 0 Å². The lowest BCUT2D eigenvalue weighted by molar-refractivity contribution is 0.0717. The molecule has 0 spiro atoms. The molecule has 128 valence electrons. The van der Waals surface area contributed by atoms with E-state index in [2.05, 4.69) is 15.0 Å². The zero-order chi connectivity index (χ0) is 17.4. The molecule has 0 radical (unpaired) electrons. The zero-order valence-corrected chi connectivity index (χ0v) is 14.8. The second kappa shape index (κ2) is 6.40. The molecule has 25 heavy (non-hydrogen) atoms. The maximum absolute atomic E-state index is 12.6. The predicted molar refractivity (Wildman–Crippen MR) is 98.7 cm³/mol. The van der Waals surface area contributed by atoms with Gasteiger partial charge in [0.2, 0.25) is 0 Å². The Morgan fingerprint density at radius 3 is 2.76 bits per heavy atom. The van der Waals surface area contributed by atoms with Gasteiger partial charge in [0.25, 0.3) is 5.91 Å². The number of anilines is 1. The van der Waals surface area contributed by atoms with Crippen LogP contribution in [0.2, 0.25) is 0 Å². The Morgan fingerprint density at radius 2 is 2.04 bits per heavy atom. The molecule has 1 amide bonds. The van der Waals surface area contributed by atoms with Gasteiger partial charge in [-0.1, -0.05) is 0 Å². The van der Waals surface area contributed by atoms with E-state index in [4.69, 9.17) is 5.73 Å². The Hall–Kier alpha value is -2.54. The first-order valence-corrected chi connectivity index (χ1v) is 9.15. The lowest BCUT2D eigenvalue weighted by Gasteiger charge is -2.31. The van der Waals surface area contributed by atoms with Crippen molar-refractivity contribution in [3.63, 3.8) is 0 Å². The molecule has 1 saturated heterocycles. The van der Waals surface area contributed by atoms with Crippen LogP contribution in [0.3, 0.4) is 0 Å². The maximum Gasteiger partial charge on any atom is 0.263 e. The second-order valence-electron chi connectivity index (χ2n) is 6.37. The Balaban J connectivity index is 1.51. The van der Waals surface area contributed by atoms with E-state index >= 15 is 0 Å². The van der Waals surface area contributed by atoms with E-state index in [1.165, 1.54) is 0 Å². The van der Waals surface area contributed by atoms with E-state index < -0.39 is 0 Å². The molecule has 0 saturated carbocycles. The number of aromatic nitrogens is 3. The number of nitrogens with zero attached hydrogens (tertiary/aromatic N) is 4. The molecule has 1 fully saturated rings. The van der Waals surface area contributed by atoms with Gasteiger partial charge in [0.05, 0.1) is 28.0 Å². The Kier molecular flexibility index (Phi) is 4.09. The average molecular weight is 353 g/mol. The van der Waals surface area contributed by atoms with Gasteiger partial charge in [-0.05, 0) is 38.0 Å². The topological polar surface area (TPSA) is 85.0 Å². The van der Waals surface area contributed by atoms with Crippen molar-refractivity contribution >= 4 is 34.0 Å². The summed E-state index contributed by atoms with van der Waals surface area (Å²) in [6, 6.07) is 5.74. The van der Waals surface area contributed by atoms with E-state index in [0.29, 0.717) is 5.69 Å². The number of nitrogen functional groups attached to an aromatic ring is 1. The van der Waals surface area contributed by atoms with Crippen molar-refractivity contribution in [3.8, 4) is 0 Å². The van der Waals surface area contributed by atoms with Crippen LogP contribution >= 0.6 is 11.3 Å². The van der Waals surface area contributed by atoms with E-state index in [1.54, 1.807) is 23.9 Å². The Morgan fingerprint density at radius 1 is 1.24 bits per heavy atom. The summed E-state index contributed by atoms with van der Waals surface area (Å²) in [6.07, 6.45) is 4.99. The van der Waals surface area contributed by atoms with Crippen LogP contribution in [0.25, 0.3) is 11.0 Å². The lowest BCUT2D eigenvalue weighted by Crippen LogP contribution is -2.37. The Bertz CT molecular complexity index is 930. The van der Waals surface area contributed by atoms with Crippen molar-refractivity contribution in [1.29, 1.82) is 0 Å². The number of piperidine rings is 1. The largest absolute Gasteiger partial charge is 0.397 e. The molecular formula is C18H19N5OS. The first kappa shape index (κ1) is 16.0. The van der Waals surface area contributed by atoms with Crippen LogP contribution < -0.4 is 5.73 Å². The maximum atomic E-state index is 12.6. The van der Waals surface area contributed by atoms with E-state index in [0.717, 1.165) is 52.4 Å². The highest BCUT2D eigenvalue weighted by Gasteiger charge is 2.27. The fourth-order valence-corrected chi connectivity index (χ4v) is 4.17. The SMILES string of the molecule is Cc1ccc(C(=O)N2CCC(c3ncnc4cc(N)cnc34)CC2)s1. The highest BCUT2D eigenvalue weighted by Crippen LogP contribution is 2.31. The predicted octanol–water partition coefficient (Wildman–Crippen LogP) is 3.00. The van der Waals surface area contributed by atoms with Gasteiger partial charge in [-0.25, -0.2) is 9.97 Å². The number of fused-ring (bicyclic) bond motifs is 1. The number of aryl methyl sites for hydroxylation is 1. The van der Waals surface area contributed by atoms with Crippen molar-refractivity contribution in [2.45, 2.75) is 25.7 Å². The molecule has 0 bridgehead atoms. The minimum atomic E-state index is 0.134. The van der Waals surface area contributed by atoms with Crippen LogP contribution in [-0.4, -0.2) is 38.8 Å². The molecule has 1 aliphatic heterocycles. The molecule has 2 N–H and O–H groups in total. The zero-order valence-electron chi connectivity index (χ0n) is 14.0. The van der Waals surface area contributed by atoms with Gasteiger partial charge in [-0.3, -0.25) is 9.78 Å². The average Bonchev–Trinajstić information content (AvgIpc) is 3.07. The van der Waals surface area contributed by atoms with Crippen LogP contribution in [0.15, 0.2) is 30.7 Å². The van der Waals surface area contributed by atoms with Crippen molar-refractivity contribution in [2.24, 2.45) is 0 Å². The van der Waals surface area contributed by atoms with Crippen molar-refractivity contribution in [2.75, 3.05) is 18.8 Å². The third-order valence-corrected chi connectivity index (χ3v) is 5.63. The van der Waals surface area contributed by atoms with E-state index in [1.807, 2.05) is 30.0 Å². The summed E-state index contributed by atoms with van der Waals surface area (Å²) in [7, 11) is 0. The van der Waals surface area contributed by atoms with Crippen LogP contribution in [0.1, 0.15) is 39.0 Å². The molecule has 7 heteroatoms. The molecule has 0 aliphatic carbocycles. The minimum absolute atomic E-state index is 0.134. The number of thiophene rings is 1. The molecule has 3 aromatic rings. The van der Waals surface area contributed by atoms with E-state index in [-0.39, 0.29) is 11.8 Å². The van der Waals surface area contributed by atoms with Gasteiger partial charge in [-0.15, -0.1) is 11.3 Å². The minimum Gasteiger partial charge on any atom is -0.397 e. The third-order valence-electron chi connectivity index (χ3n) is 4.65. The van der Waals surface area contributed by atoms with Gasteiger partial charge in [-0.2, -0.15) is 0 Å². The van der Waals surface area contributed by atoms with Crippen molar-refractivity contribution < 1.29 is 4.79 Å². The highest BCUT2D eigenvalue weighted by molar-refractivity contribution is 7.13. The molecular weight excluding hydrogens is 334 g/mol. The molecule has 4 rings (SSSR count). The summed E-state index contributed by atoms with van der Waals surface area (Å²) in [4.78, 5) is 29.7. The van der Waals surface area contributed by atoms with Crippen molar-refractivity contribution in [1.82, 2.24) is 19.9 Å². The normalized spacial score (nSPS) is 15.6. The van der Waals surface area contributed by atoms with Gasteiger partial charge < -0.3 is 10.6 Å². The molecule has 0 unspecified atom stereocenters. The number of hydrogen-bond donors (Lipinski definition) is 1. The number of likely N-dealkylation sites (tertiary alicyclic amines) is 1. The number of rotatable bonds is 2. The number of pyridine rings is 1. The summed E-state index contributed by atoms with van der Waals surface area (Å²) in [6.45, 7) is 3.50. The molecule has 0 aromatic carbocycles. The number of carbonyl (C=O) groups is 1. The first-order chi connectivity index (χ1) is 12.1. The number of carbonyl (C=O) groups excluding carboxylic acids is 1. The van der Waals surface area contributed by atoms with Gasteiger partial charge in [0.15, 0.2) is 0 Å². The first-order valence-electron chi connectivity index (χ1n) is 8.33. The second-order valence-corrected chi connectivity index (χ2v) is 7.66. The van der Waals surface area contributed by atoms with Gasteiger partial charge in [0.1, 0.15) is 11.8 Å². The summed E-state index contributed by atoms with van der Waals surface area (Å²) < 4.78 is 0. The lowest BCUT2D eigenvalue weighted by atomic mass is 9.92. The number of amides is 1. The van der Waals surface area contributed by atoms with Crippen molar-refractivity contribution in [3.05, 3.63) is 46.2 Å². The monoisotopic (exact) mass is 353 g/mol. The number of hydrogen-bond acceptors (Lipinski definition) is 6. The third kappa shape index (κ3) is 3.07. The van der Waals surface area contributed by atoms with Gasteiger partial charge in [0, 0.05) is 23.9 Å². The van der Waals surface area contributed by atoms with Crippen LogP contribution in [-0.2, 0) is 0 Å². The summed E-state index contributed by atoms with van der Waals surface area (Å²) in [5, 5.41) is 0. The van der Waals surface area contributed by atoms with Crippen LogP contribution in [0, 0.1) is 6.92 Å². The fourth-order valence-electron chi connectivity index (χ4n) is 3.34. The van der Waals surface area contributed by atoms with E-state index in [9.17, 15) is 4.79 Å². The summed E-state index contributed by atoms with van der Waals surface area (Å²) in [5.41, 5.74) is 8.95. The van der Waals surface area contributed by atoms with Crippen LogP contribution in [0.5, 0.6) is 0 Å². The highest BCUT2D eigenvalue weighted by atomic mass is 32.1. The molecule has 1 aliphatic rings.